The number of aromatic amines is 1. The van der Waals surface area contributed by atoms with E-state index >= 15 is 0 Å². The van der Waals surface area contributed by atoms with E-state index in [-0.39, 0.29) is 5.82 Å². The summed E-state index contributed by atoms with van der Waals surface area (Å²) in [4.78, 5) is 14.9. The minimum Gasteiger partial charge on any atom is -0.381 e. The van der Waals surface area contributed by atoms with Gasteiger partial charge in [-0.2, -0.15) is 0 Å². The Morgan fingerprint density at radius 1 is 1.31 bits per heavy atom. The van der Waals surface area contributed by atoms with Crippen LogP contribution in [0.5, 0.6) is 0 Å². The molecule has 0 radical (unpaired) electrons. The minimum absolute atomic E-state index is 0.190. The number of anilines is 1. The van der Waals surface area contributed by atoms with Crippen molar-refractivity contribution in [3.05, 3.63) is 35.5 Å². The summed E-state index contributed by atoms with van der Waals surface area (Å²) in [6.07, 6.45) is 7.07. The summed E-state index contributed by atoms with van der Waals surface area (Å²) in [5.41, 5.74) is 6.75. The van der Waals surface area contributed by atoms with E-state index in [1.807, 2.05) is 11.9 Å². The Hall–Kier alpha value is -1.90. The number of nitrogens with one attached hydrogen (secondary N) is 1. The molecule has 1 saturated heterocycles. The number of aromatic nitrogens is 4. The van der Waals surface area contributed by atoms with Crippen molar-refractivity contribution in [2.24, 2.45) is 0 Å². The third-order valence-corrected chi connectivity index (χ3v) is 5.08. The molecule has 4 heterocycles. The highest BCUT2D eigenvalue weighted by Gasteiger charge is 2.12. The van der Waals surface area contributed by atoms with Gasteiger partial charge in [0.2, 0.25) is 0 Å². The molecule has 0 spiro atoms. The largest absolute Gasteiger partial charge is 0.381 e. The molecule has 0 saturated carbocycles. The van der Waals surface area contributed by atoms with Gasteiger partial charge in [-0.25, -0.2) is 19.3 Å². The number of fused-ring (bicyclic) bond motifs is 1. The van der Waals surface area contributed by atoms with E-state index in [2.05, 4.69) is 31.2 Å². The maximum atomic E-state index is 13.0. The van der Waals surface area contributed by atoms with Gasteiger partial charge in [0.15, 0.2) is 17.5 Å². The average molecular weight is 395 g/mol. The lowest BCUT2D eigenvalue weighted by Crippen LogP contribution is -2.08. The van der Waals surface area contributed by atoms with Crippen molar-refractivity contribution < 1.29 is 4.39 Å². The Morgan fingerprint density at radius 3 is 2.77 bits per heavy atom. The topological polar surface area (TPSA) is 83.7 Å². The standard InChI is InChI=1S/C11H7ClFN5.C6H13NS/c12-5-1-6-7(3-16-10(6)15-2-5)11-17-4-8(13)9(14)18-11;1-2-8-7-5-3-4-6-7/h1-4H,(H,15,16)(H2,14,17,18);2-6H2,1H3. The summed E-state index contributed by atoms with van der Waals surface area (Å²) in [6.45, 7) is 4.85. The van der Waals surface area contributed by atoms with Crippen LogP contribution < -0.4 is 5.73 Å². The van der Waals surface area contributed by atoms with Crippen LogP contribution in [-0.2, 0) is 0 Å². The molecule has 0 amide bonds. The first kappa shape index (κ1) is 18.9. The zero-order valence-corrected chi connectivity index (χ0v) is 15.9. The summed E-state index contributed by atoms with van der Waals surface area (Å²) < 4.78 is 15.5. The van der Waals surface area contributed by atoms with E-state index in [0.717, 1.165) is 11.6 Å². The SMILES string of the molecule is CCSN1CCCC1.Nc1nc(-c2c[nH]c3ncc(Cl)cc23)ncc1F. The van der Waals surface area contributed by atoms with Gasteiger partial charge in [0, 0.05) is 42.2 Å². The lowest BCUT2D eigenvalue weighted by atomic mass is 10.2. The fourth-order valence-electron chi connectivity index (χ4n) is 2.67. The van der Waals surface area contributed by atoms with Crippen LogP contribution in [0.1, 0.15) is 19.8 Å². The van der Waals surface area contributed by atoms with Crippen LogP contribution in [0, 0.1) is 5.82 Å². The van der Waals surface area contributed by atoms with Crippen LogP contribution in [0.25, 0.3) is 22.4 Å². The summed E-state index contributed by atoms with van der Waals surface area (Å²) in [6, 6.07) is 1.73. The van der Waals surface area contributed by atoms with Crippen molar-refractivity contribution in [1.82, 2.24) is 24.2 Å². The Balaban J connectivity index is 0.000000206. The lowest BCUT2D eigenvalue weighted by Gasteiger charge is -2.09. The van der Waals surface area contributed by atoms with Gasteiger partial charge < -0.3 is 10.7 Å². The molecule has 1 fully saturated rings. The van der Waals surface area contributed by atoms with E-state index in [4.69, 9.17) is 17.3 Å². The lowest BCUT2D eigenvalue weighted by molar-refractivity contribution is 0.587. The Kier molecular flexibility index (Phi) is 6.29. The molecule has 6 nitrogen and oxygen atoms in total. The maximum absolute atomic E-state index is 13.0. The van der Waals surface area contributed by atoms with Gasteiger partial charge in [-0.1, -0.05) is 30.5 Å². The smallest absolute Gasteiger partial charge is 0.183 e. The highest BCUT2D eigenvalue weighted by molar-refractivity contribution is 7.96. The maximum Gasteiger partial charge on any atom is 0.183 e. The first-order valence-corrected chi connectivity index (χ1v) is 9.69. The number of hydrogen-bond donors (Lipinski definition) is 2. The highest BCUT2D eigenvalue weighted by Crippen LogP contribution is 2.27. The summed E-state index contributed by atoms with van der Waals surface area (Å²) in [5, 5.41) is 1.26. The average Bonchev–Trinajstić information content (AvgIpc) is 3.28. The molecule has 0 unspecified atom stereocenters. The molecule has 0 aromatic carbocycles. The quantitative estimate of drug-likeness (QED) is 0.649. The summed E-state index contributed by atoms with van der Waals surface area (Å²) in [7, 11) is 0. The van der Waals surface area contributed by atoms with Crippen LogP contribution in [0.15, 0.2) is 24.7 Å². The summed E-state index contributed by atoms with van der Waals surface area (Å²) >= 11 is 7.86. The molecule has 3 aromatic rings. The second-order valence-corrected chi connectivity index (χ2v) is 7.52. The fourth-order valence-corrected chi connectivity index (χ4v) is 3.71. The third kappa shape index (κ3) is 4.44. The van der Waals surface area contributed by atoms with Crippen molar-refractivity contribution >= 4 is 40.4 Å². The number of pyridine rings is 1. The molecular formula is C17H20ClFN6S. The summed E-state index contributed by atoms with van der Waals surface area (Å²) in [5.74, 6) is 0.725. The Labute approximate surface area is 160 Å². The number of halogens is 2. The monoisotopic (exact) mass is 394 g/mol. The number of nitrogens with two attached hydrogens (primary N) is 1. The van der Waals surface area contributed by atoms with Crippen LogP contribution >= 0.6 is 23.5 Å². The van der Waals surface area contributed by atoms with E-state index in [9.17, 15) is 4.39 Å². The Bertz CT molecular complexity index is 881. The van der Waals surface area contributed by atoms with E-state index in [1.54, 1.807) is 12.3 Å². The molecule has 3 N–H and O–H groups in total. The van der Waals surface area contributed by atoms with Gasteiger partial charge in [-0.3, -0.25) is 4.31 Å². The number of nitrogen functional groups attached to an aromatic ring is 1. The molecule has 3 aromatic heterocycles. The van der Waals surface area contributed by atoms with Crippen LogP contribution in [0.3, 0.4) is 0 Å². The van der Waals surface area contributed by atoms with Crippen molar-refractivity contribution in [3.8, 4) is 11.4 Å². The van der Waals surface area contributed by atoms with Crippen molar-refractivity contribution in [2.75, 3.05) is 24.6 Å². The predicted molar refractivity (Wildman–Crippen MR) is 105 cm³/mol. The van der Waals surface area contributed by atoms with Gasteiger partial charge in [-0.05, 0) is 18.9 Å². The second-order valence-electron chi connectivity index (χ2n) is 5.73. The van der Waals surface area contributed by atoms with Crippen LogP contribution in [-0.4, -0.2) is 43.1 Å². The molecule has 26 heavy (non-hydrogen) atoms. The number of nitrogens with zero attached hydrogens (tertiary/aromatic N) is 4. The number of H-pyrrole nitrogens is 1. The van der Waals surface area contributed by atoms with Crippen LogP contribution in [0.4, 0.5) is 10.2 Å². The Morgan fingerprint density at radius 2 is 2.08 bits per heavy atom. The van der Waals surface area contributed by atoms with E-state index in [1.165, 1.54) is 37.9 Å². The van der Waals surface area contributed by atoms with Gasteiger partial charge in [0.1, 0.15) is 5.65 Å². The van der Waals surface area contributed by atoms with Crippen molar-refractivity contribution in [2.45, 2.75) is 19.8 Å². The zero-order chi connectivity index (χ0) is 18.5. The van der Waals surface area contributed by atoms with Gasteiger partial charge in [-0.15, -0.1) is 0 Å². The molecule has 0 aliphatic carbocycles. The minimum atomic E-state index is -0.644. The van der Waals surface area contributed by atoms with Crippen molar-refractivity contribution in [3.63, 3.8) is 0 Å². The highest BCUT2D eigenvalue weighted by atomic mass is 35.5. The molecular weight excluding hydrogens is 375 g/mol. The molecule has 9 heteroatoms. The number of hydrogen-bond acceptors (Lipinski definition) is 6. The van der Waals surface area contributed by atoms with Crippen molar-refractivity contribution in [1.29, 1.82) is 0 Å². The third-order valence-electron chi connectivity index (χ3n) is 3.89. The second kappa shape index (κ2) is 8.66. The van der Waals surface area contributed by atoms with Gasteiger partial charge >= 0.3 is 0 Å². The normalized spacial score (nSPS) is 14.4. The molecule has 0 bridgehead atoms. The molecule has 138 valence electrons. The van der Waals surface area contributed by atoms with E-state index < -0.39 is 5.82 Å². The molecule has 1 aliphatic rings. The van der Waals surface area contributed by atoms with E-state index in [0.29, 0.717) is 22.1 Å². The number of rotatable bonds is 3. The fraction of sp³-hybridized carbons (Fsp3) is 0.353. The van der Waals surface area contributed by atoms with Gasteiger partial charge in [0.05, 0.1) is 11.2 Å². The molecule has 1 aliphatic heterocycles. The predicted octanol–water partition coefficient (Wildman–Crippen LogP) is 4.14. The molecule has 0 atom stereocenters. The molecule has 4 rings (SSSR count). The first-order chi connectivity index (χ1) is 12.6. The van der Waals surface area contributed by atoms with Gasteiger partial charge in [0.25, 0.3) is 0 Å². The zero-order valence-electron chi connectivity index (χ0n) is 14.4. The first-order valence-electron chi connectivity index (χ1n) is 8.37. The van der Waals surface area contributed by atoms with Crippen LogP contribution in [0.2, 0.25) is 5.02 Å².